The molecule has 3 nitrogen and oxygen atoms in total. The van der Waals surface area contributed by atoms with Crippen molar-refractivity contribution in [1.29, 1.82) is 0 Å². The molecule has 0 aliphatic carbocycles. The summed E-state index contributed by atoms with van der Waals surface area (Å²) in [6.07, 6.45) is 0.989. The maximum Gasteiger partial charge on any atom is 0.133 e. The molecule has 0 saturated carbocycles. The van der Waals surface area contributed by atoms with Gasteiger partial charge in [-0.3, -0.25) is 0 Å². The highest BCUT2D eigenvalue weighted by Crippen LogP contribution is 2.26. The first-order chi connectivity index (χ1) is 7.79. The van der Waals surface area contributed by atoms with Crippen molar-refractivity contribution < 1.29 is 9.47 Å². The van der Waals surface area contributed by atoms with Gasteiger partial charge in [-0.2, -0.15) is 0 Å². The van der Waals surface area contributed by atoms with E-state index in [0.29, 0.717) is 6.04 Å². The second kappa shape index (κ2) is 5.66. The lowest BCUT2D eigenvalue weighted by Crippen LogP contribution is -2.42. The van der Waals surface area contributed by atoms with Crippen LogP contribution in [-0.4, -0.2) is 32.9 Å². The third-order valence-corrected chi connectivity index (χ3v) is 3.32. The number of benzene rings is 1. The van der Waals surface area contributed by atoms with Gasteiger partial charge in [0.25, 0.3) is 0 Å². The summed E-state index contributed by atoms with van der Waals surface area (Å²) in [5, 5.41) is 3.44. The maximum atomic E-state index is 5.43. The van der Waals surface area contributed by atoms with Crippen molar-refractivity contribution in [3.8, 4) is 5.75 Å². The number of ether oxygens (including phenoxy) is 2. The Hall–Kier alpha value is -0.580. The van der Waals surface area contributed by atoms with Crippen LogP contribution in [0.15, 0.2) is 22.7 Å². The minimum Gasteiger partial charge on any atom is -0.496 e. The van der Waals surface area contributed by atoms with Crippen molar-refractivity contribution in [2.24, 2.45) is 0 Å². The van der Waals surface area contributed by atoms with Crippen LogP contribution in [0.1, 0.15) is 5.56 Å². The Balaban J connectivity index is 2.01. The quantitative estimate of drug-likeness (QED) is 0.921. The summed E-state index contributed by atoms with van der Waals surface area (Å²) in [6, 6.07) is 6.62. The summed E-state index contributed by atoms with van der Waals surface area (Å²) >= 11 is 3.50. The molecule has 16 heavy (non-hydrogen) atoms. The van der Waals surface area contributed by atoms with E-state index in [-0.39, 0.29) is 0 Å². The van der Waals surface area contributed by atoms with Crippen LogP contribution in [0.4, 0.5) is 0 Å². The van der Waals surface area contributed by atoms with Crippen LogP contribution < -0.4 is 10.1 Å². The Kier molecular flexibility index (Phi) is 4.21. The van der Waals surface area contributed by atoms with Crippen molar-refractivity contribution in [3.05, 3.63) is 28.2 Å². The third-order valence-electron chi connectivity index (χ3n) is 2.70. The van der Waals surface area contributed by atoms with Gasteiger partial charge in [0.2, 0.25) is 0 Å². The highest BCUT2D eigenvalue weighted by Gasteiger charge is 2.13. The topological polar surface area (TPSA) is 30.5 Å². The first-order valence-corrected chi connectivity index (χ1v) is 6.22. The molecule has 88 valence electrons. The number of hydrogen-bond acceptors (Lipinski definition) is 3. The van der Waals surface area contributed by atoms with Gasteiger partial charge in [0, 0.05) is 12.6 Å². The van der Waals surface area contributed by atoms with Crippen LogP contribution in [0.25, 0.3) is 0 Å². The monoisotopic (exact) mass is 285 g/mol. The Morgan fingerprint density at radius 2 is 2.44 bits per heavy atom. The molecule has 0 aromatic heterocycles. The van der Waals surface area contributed by atoms with Gasteiger partial charge in [0.15, 0.2) is 0 Å². The number of halogens is 1. The van der Waals surface area contributed by atoms with E-state index >= 15 is 0 Å². The summed E-state index contributed by atoms with van der Waals surface area (Å²) in [7, 11) is 1.68. The minimum atomic E-state index is 0.425. The Labute approximate surface area is 104 Å². The number of hydrogen-bond donors (Lipinski definition) is 1. The summed E-state index contributed by atoms with van der Waals surface area (Å²) < 4.78 is 11.6. The van der Waals surface area contributed by atoms with Crippen LogP contribution in [-0.2, 0) is 11.2 Å². The van der Waals surface area contributed by atoms with Crippen molar-refractivity contribution >= 4 is 15.9 Å². The number of nitrogens with one attached hydrogen (secondary N) is 1. The third kappa shape index (κ3) is 2.97. The van der Waals surface area contributed by atoms with Gasteiger partial charge in [-0.05, 0) is 40.0 Å². The molecule has 1 saturated heterocycles. The fraction of sp³-hybridized carbons (Fsp3) is 0.500. The van der Waals surface area contributed by atoms with Gasteiger partial charge in [-0.25, -0.2) is 0 Å². The normalized spacial score (nSPS) is 20.8. The molecule has 1 unspecified atom stereocenters. The largest absolute Gasteiger partial charge is 0.496 e. The van der Waals surface area contributed by atoms with E-state index in [0.717, 1.165) is 36.4 Å². The summed E-state index contributed by atoms with van der Waals surface area (Å²) in [4.78, 5) is 0. The molecule has 1 aliphatic rings. The fourth-order valence-electron chi connectivity index (χ4n) is 1.87. The Bertz CT molecular complexity index is 351. The summed E-state index contributed by atoms with van der Waals surface area (Å²) in [6.45, 7) is 2.56. The van der Waals surface area contributed by atoms with Crippen molar-refractivity contribution in [2.45, 2.75) is 12.5 Å². The average molecular weight is 286 g/mol. The molecular formula is C12H16BrNO2. The highest BCUT2D eigenvalue weighted by molar-refractivity contribution is 9.10. The van der Waals surface area contributed by atoms with E-state index in [2.05, 4.69) is 33.4 Å². The van der Waals surface area contributed by atoms with E-state index in [4.69, 9.17) is 9.47 Å². The SMILES string of the molecule is COc1ccc(CC2COCCN2)cc1Br. The second-order valence-electron chi connectivity index (χ2n) is 3.90. The lowest BCUT2D eigenvalue weighted by Gasteiger charge is -2.23. The molecule has 0 radical (unpaired) electrons. The zero-order chi connectivity index (χ0) is 11.4. The van der Waals surface area contributed by atoms with E-state index in [1.165, 1.54) is 5.56 Å². The average Bonchev–Trinajstić information content (AvgIpc) is 2.31. The molecule has 1 heterocycles. The van der Waals surface area contributed by atoms with Crippen LogP contribution in [0.5, 0.6) is 5.75 Å². The number of rotatable bonds is 3. The van der Waals surface area contributed by atoms with Crippen molar-refractivity contribution in [2.75, 3.05) is 26.9 Å². The molecule has 4 heteroatoms. The van der Waals surface area contributed by atoms with Crippen LogP contribution in [0.2, 0.25) is 0 Å². The highest BCUT2D eigenvalue weighted by atomic mass is 79.9. The van der Waals surface area contributed by atoms with Crippen molar-refractivity contribution in [1.82, 2.24) is 5.32 Å². The zero-order valence-electron chi connectivity index (χ0n) is 9.33. The van der Waals surface area contributed by atoms with Crippen LogP contribution in [0, 0.1) is 0 Å². The molecule has 2 rings (SSSR count). The van der Waals surface area contributed by atoms with Crippen molar-refractivity contribution in [3.63, 3.8) is 0 Å². The van der Waals surface area contributed by atoms with Gasteiger partial charge < -0.3 is 14.8 Å². The standard InChI is InChI=1S/C12H16BrNO2/c1-15-12-3-2-9(7-11(12)13)6-10-8-16-5-4-14-10/h2-3,7,10,14H,4-6,8H2,1H3. The molecule has 1 aliphatic heterocycles. The van der Waals surface area contributed by atoms with Gasteiger partial charge >= 0.3 is 0 Å². The van der Waals surface area contributed by atoms with Crippen LogP contribution in [0.3, 0.4) is 0 Å². The van der Waals surface area contributed by atoms with E-state index < -0.39 is 0 Å². The predicted octanol–water partition coefficient (Wildman–Crippen LogP) is 1.99. The summed E-state index contributed by atoms with van der Waals surface area (Å²) in [5.41, 5.74) is 1.29. The van der Waals surface area contributed by atoms with Gasteiger partial charge in [-0.15, -0.1) is 0 Å². The molecule has 1 aromatic rings. The predicted molar refractivity (Wildman–Crippen MR) is 67.0 cm³/mol. The molecular weight excluding hydrogens is 270 g/mol. The molecule has 0 amide bonds. The molecule has 1 atom stereocenters. The molecule has 1 N–H and O–H groups in total. The number of morpholine rings is 1. The first-order valence-electron chi connectivity index (χ1n) is 5.43. The number of methoxy groups -OCH3 is 1. The molecule has 1 fully saturated rings. The second-order valence-corrected chi connectivity index (χ2v) is 4.75. The molecule has 0 bridgehead atoms. The van der Waals surface area contributed by atoms with Gasteiger partial charge in [0.1, 0.15) is 5.75 Å². The Morgan fingerprint density at radius 1 is 1.56 bits per heavy atom. The minimum absolute atomic E-state index is 0.425. The molecule has 1 aromatic carbocycles. The van der Waals surface area contributed by atoms with E-state index in [9.17, 15) is 0 Å². The lowest BCUT2D eigenvalue weighted by atomic mass is 10.1. The zero-order valence-corrected chi connectivity index (χ0v) is 10.9. The Morgan fingerprint density at radius 3 is 3.06 bits per heavy atom. The fourth-order valence-corrected chi connectivity index (χ4v) is 2.46. The van der Waals surface area contributed by atoms with Crippen LogP contribution >= 0.6 is 15.9 Å². The van der Waals surface area contributed by atoms with Gasteiger partial charge in [-0.1, -0.05) is 6.07 Å². The summed E-state index contributed by atoms with van der Waals surface area (Å²) in [5.74, 6) is 0.872. The van der Waals surface area contributed by atoms with E-state index in [1.54, 1.807) is 7.11 Å². The van der Waals surface area contributed by atoms with Gasteiger partial charge in [0.05, 0.1) is 24.8 Å². The molecule has 0 spiro atoms. The lowest BCUT2D eigenvalue weighted by molar-refractivity contribution is 0.0770. The smallest absolute Gasteiger partial charge is 0.133 e. The maximum absolute atomic E-state index is 5.43. The van der Waals surface area contributed by atoms with E-state index in [1.807, 2.05) is 6.07 Å². The first kappa shape index (κ1) is 11.9.